The molecule has 1 atom stereocenters. The molecule has 220 valence electrons. The van der Waals surface area contributed by atoms with Gasteiger partial charge in [0.1, 0.15) is 5.69 Å². The molecule has 3 aromatic heterocycles. The van der Waals surface area contributed by atoms with Crippen LogP contribution in [0.5, 0.6) is 0 Å². The summed E-state index contributed by atoms with van der Waals surface area (Å²) in [5, 5.41) is 10.6. The molecule has 0 bridgehead atoms. The van der Waals surface area contributed by atoms with Crippen LogP contribution in [0.3, 0.4) is 0 Å². The van der Waals surface area contributed by atoms with E-state index in [4.69, 9.17) is 16.6 Å². The van der Waals surface area contributed by atoms with Gasteiger partial charge in [0.15, 0.2) is 0 Å². The summed E-state index contributed by atoms with van der Waals surface area (Å²) in [5.41, 5.74) is 3.48. The number of carbonyl (C=O) groups is 2. The van der Waals surface area contributed by atoms with Gasteiger partial charge in [-0.25, -0.2) is 15.0 Å². The summed E-state index contributed by atoms with van der Waals surface area (Å²) in [7, 11) is 3.85. The normalized spacial score (nSPS) is 12.1. The Morgan fingerprint density at radius 2 is 1.93 bits per heavy atom. The van der Waals surface area contributed by atoms with Crippen molar-refractivity contribution >= 4 is 46.0 Å². The second-order valence-corrected chi connectivity index (χ2v) is 10.6. The van der Waals surface area contributed by atoms with Crippen LogP contribution in [0.1, 0.15) is 43.1 Å². The number of amides is 2. The van der Waals surface area contributed by atoms with Crippen LogP contribution in [0.2, 0.25) is 5.02 Å². The second kappa shape index (κ2) is 15.1. The maximum absolute atomic E-state index is 12.5. The fourth-order valence-corrected chi connectivity index (χ4v) is 4.61. The first-order valence-electron chi connectivity index (χ1n) is 14.1. The monoisotopic (exact) mass is 588 g/mol. The van der Waals surface area contributed by atoms with Crippen molar-refractivity contribution in [1.29, 1.82) is 0 Å². The number of nitrogens with one attached hydrogen (secondary N) is 4. The summed E-state index contributed by atoms with van der Waals surface area (Å²) in [5.74, 6) is 0.0477. The Morgan fingerprint density at radius 3 is 2.69 bits per heavy atom. The SMILES string of the molecule is CC[C@@H](CCCCNC(=O)c1ccc(NC(=O)/C=C/CN(C)C)cn1)Nc1ncc(Cl)c(-c2c[nH]c3ccccc23)n1. The molecule has 1 aromatic carbocycles. The number of rotatable bonds is 14. The Morgan fingerprint density at radius 1 is 1.10 bits per heavy atom. The predicted molar refractivity (Wildman–Crippen MR) is 169 cm³/mol. The molecular formula is C31H37ClN8O2. The molecular weight excluding hydrogens is 552 g/mol. The minimum absolute atomic E-state index is 0.180. The first kappa shape index (κ1) is 30.7. The molecule has 0 unspecified atom stereocenters. The van der Waals surface area contributed by atoms with Crippen molar-refractivity contribution in [1.82, 2.24) is 30.2 Å². The van der Waals surface area contributed by atoms with Crippen molar-refractivity contribution in [3.05, 3.63) is 77.9 Å². The molecule has 0 radical (unpaired) electrons. The molecule has 0 aliphatic heterocycles. The summed E-state index contributed by atoms with van der Waals surface area (Å²) < 4.78 is 0. The van der Waals surface area contributed by atoms with Crippen molar-refractivity contribution < 1.29 is 9.59 Å². The number of fused-ring (bicyclic) bond motifs is 1. The maximum atomic E-state index is 12.5. The highest BCUT2D eigenvalue weighted by molar-refractivity contribution is 6.33. The molecule has 11 heteroatoms. The number of hydrogen-bond acceptors (Lipinski definition) is 7. The number of pyridine rings is 1. The molecule has 0 aliphatic carbocycles. The van der Waals surface area contributed by atoms with Crippen LogP contribution in [0.4, 0.5) is 11.6 Å². The van der Waals surface area contributed by atoms with Crippen LogP contribution >= 0.6 is 11.6 Å². The third kappa shape index (κ3) is 8.61. The molecule has 2 amide bonds. The molecule has 4 N–H and O–H groups in total. The van der Waals surface area contributed by atoms with Gasteiger partial charge in [-0.05, 0) is 58.0 Å². The van der Waals surface area contributed by atoms with E-state index in [2.05, 4.69) is 37.8 Å². The Bertz CT molecular complexity index is 1520. The standard InChI is InChI=1S/C31H37ClN8O2/c1-4-21(38-31-36-20-25(32)29(39-31)24-19-35-26-12-6-5-11-23(24)26)10-7-8-16-33-30(42)27-15-14-22(18-34-27)37-28(41)13-9-17-40(2)3/h5-6,9,11-15,18-21,35H,4,7-8,10,16-17H2,1-3H3,(H,33,42)(H,37,41)(H,36,38,39)/b13-9+/t21-/m0/s1. The second-order valence-electron chi connectivity index (χ2n) is 10.2. The molecule has 42 heavy (non-hydrogen) atoms. The number of anilines is 2. The minimum atomic E-state index is -0.247. The molecule has 4 aromatic rings. The number of aromatic nitrogens is 4. The number of likely N-dealkylation sites (N-methyl/N-ethyl adjacent to an activating group) is 1. The van der Waals surface area contributed by atoms with Gasteiger partial charge in [0.2, 0.25) is 11.9 Å². The topological polar surface area (TPSA) is 128 Å². The van der Waals surface area contributed by atoms with Crippen molar-refractivity contribution in [3.63, 3.8) is 0 Å². The van der Waals surface area contributed by atoms with Crippen LogP contribution in [-0.4, -0.2) is 69.9 Å². The number of benzene rings is 1. The Balaban J connectivity index is 1.21. The third-order valence-corrected chi connectivity index (χ3v) is 6.96. The van der Waals surface area contributed by atoms with Gasteiger partial charge in [0.25, 0.3) is 5.91 Å². The van der Waals surface area contributed by atoms with Gasteiger partial charge in [-0.2, -0.15) is 0 Å². The summed E-state index contributed by atoms with van der Waals surface area (Å²) in [6, 6.07) is 11.5. The number of halogens is 1. The van der Waals surface area contributed by atoms with Crippen LogP contribution in [-0.2, 0) is 4.79 Å². The first-order chi connectivity index (χ1) is 20.3. The van der Waals surface area contributed by atoms with Crippen LogP contribution in [0.25, 0.3) is 22.2 Å². The van der Waals surface area contributed by atoms with Crippen LogP contribution < -0.4 is 16.0 Å². The molecule has 3 heterocycles. The zero-order valence-electron chi connectivity index (χ0n) is 24.2. The van der Waals surface area contributed by atoms with Gasteiger partial charge in [0, 0.05) is 47.9 Å². The highest BCUT2D eigenvalue weighted by Gasteiger charge is 2.15. The van der Waals surface area contributed by atoms with E-state index in [0.29, 0.717) is 41.1 Å². The van der Waals surface area contributed by atoms with Gasteiger partial charge in [0.05, 0.1) is 28.8 Å². The quantitative estimate of drug-likeness (QED) is 0.113. The average molecular weight is 589 g/mol. The third-order valence-electron chi connectivity index (χ3n) is 6.68. The highest BCUT2D eigenvalue weighted by Crippen LogP contribution is 2.32. The molecule has 0 saturated heterocycles. The maximum Gasteiger partial charge on any atom is 0.269 e. The van der Waals surface area contributed by atoms with E-state index in [-0.39, 0.29) is 17.9 Å². The van der Waals surface area contributed by atoms with Gasteiger partial charge in [-0.15, -0.1) is 0 Å². The smallest absolute Gasteiger partial charge is 0.269 e. The predicted octanol–water partition coefficient (Wildman–Crippen LogP) is 5.52. The van der Waals surface area contributed by atoms with Gasteiger partial charge < -0.3 is 25.8 Å². The lowest BCUT2D eigenvalue weighted by Crippen LogP contribution is -2.26. The number of para-hydroxylation sites is 1. The lowest BCUT2D eigenvalue weighted by Gasteiger charge is -2.17. The summed E-state index contributed by atoms with van der Waals surface area (Å²) >= 11 is 6.47. The van der Waals surface area contributed by atoms with Crippen molar-refractivity contribution in [3.8, 4) is 11.3 Å². The Labute approximate surface area is 251 Å². The van der Waals surface area contributed by atoms with E-state index in [1.807, 2.05) is 49.5 Å². The van der Waals surface area contributed by atoms with Crippen molar-refractivity contribution in [2.24, 2.45) is 0 Å². The zero-order chi connectivity index (χ0) is 29.9. The number of aromatic amines is 1. The fourth-order valence-electron chi connectivity index (χ4n) is 4.42. The van der Waals surface area contributed by atoms with Gasteiger partial charge in [-0.1, -0.05) is 42.8 Å². The molecule has 0 saturated carbocycles. The lowest BCUT2D eigenvalue weighted by molar-refractivity contribution is -0.111. The van der Waals surface area contributed by atoms with Crippen molar-refractivity contribution in [2.45, 2.75) is 38.6 Å². The number of carbonyl (C=O) groups excluding carboxylic acids is 2. The van der Waals surface area contributed by atoms with E-state index in [1.165, 1.54) is 12.3 Å². The molecule has 10 nitrogen and oxygen atoms in total. The Kier molecular flexibility index (Phi) is 11.0. The van der Waals surface area contributed by atoms with E-state index in [9.17, 15) is 9.59 Å². The van der Waals surface area contributed by atoms with E-state index < -0.39 is 0 Å². The highest BCUT2D eigenvalue weighted by atomic mass is 35.5. The van der Waals surface area contributed by atoms with E-state index in [0.717, 1.165) is 42.1 Å². The molecule has 4 rings (SSSR count). The first-order valence-corrected chi connectivity index (χ1v) is 14.4. The summed E-state index contributed by atoms with van der Waals surface area (Å²) in [4.78, 5) is 43.0. The Hall–Kier alpha value is -4.28. The summed E-state index contributed by atoms with van der Waals surface area (Å²) in [6.07, 6.45) is 11.8. The van der Waals surface area contributed by atoms with E-state index >= 15 is 0 Å². The van der Waals surface area contributed by atoms with Crippen LogP contribution in [0, 0.1) is 0 Å². The molecule has 0 fully saturated rings. The largest absolute Gasteiger partial charge is 0.360 e. The van der Waals surface area contributed by atoms with Gasteiger partial charge >= 0.3 is 0 Å². The molecule has 0 aliphatic rings. The molecule has 0 spiro atoms. The summed E-state index contributed by atoms with van der Waals surface area (Å²) in [6.45, 7) is 3.33. The minimum Gasteiger partial charge on any atom is -0.360 e. The average Bonchev–Trinajstić information content (AvgIpc) is 3.41. The van der Waals surface area contributed by atoms with Crippen LogP contribution in [0.15, 0.2) is 67.1 Å². The number of hydrogen-bond donors (Lipinski definition) is 4. The number of nitrogens with zero attached hydrogens (tertiary/aromatic N) is 4. The zero-order valence-corrected chi connectivity index (χ0v) is 24.9. The number of H-pyrrole nitrogens is 1. The van der Waals surface area contributed by atoms with E-state index in [1.54, 1.807) is 24.4 Å². The van der Waals surface area contributed by atoms with Crippen molar-refractivity contribution in [2.75, 3.05) is 37.8 Å². The number of unbranched alkanes of at least 4 members (excludes halogenated alkanes) is 1. The lowest BCUT2D eigenvalue weighted by atomic mass is 10.1. The fraction of sp³-hybridized carbons (Fsp3) is 0.323. The van der Waals surface area contributed by atoms with Gasteiger partial charge in [-0.3, -0.25) is 9.59 Å².